The van der Waals surface area contributed by atoms with Gasteiger partial charge in [0.25, 0.3) is 5.88 Å². The van der Waals surface area contributed by atoms with E-state index >= 15 is 0 Å². The second kappa shape index (κ2) is 5.15. The summed E-state index contributed by atoms with van der Waals surface area (Å²) >= 11 is 0. The summed E-state index contributed by atoms with van der Waals surface area (Å²) in [4.78, 5) is 13.9. The van der Waals surface area contributed by atoms with Gasteiger partial charge in [-0.15, -0.1) is 5.10 Å². The number of nitrogens with one attached hydrogen (secondary N) is 1. The Kier molecular flexibility index (Phi) is 3.34. The third-order valence-corrected chi connectivity index (χ3v) is 3.91. The van der Waals surface area contributed by atoms with Crippen LogP contribution in [0.2, 0.25) is 0 Å². The van der Waals surface area contributed by atoms with Gasteiger partial charge in [-0.3, -0.25) is 5.10 Å². The number of amides is 1. The van der Waals surface area contributed by atoms with Crippen LogP contribution in [0.25, 0.3) is 10.9 Å². The van der Waals surface area contributed by atoms with E-state index in [0.717, 1.165) is 42.4 Å². The number of aromatic nitrogens is 2. The van der Waals surface area contributed by atoms with Gasteiger partial charge in [0.1, 0.15) is 0 Å². The van der Waals surface area contributed by atoms with Crippen LogP contribution >= 0.6 is 0 Å². The van der Waals surface area contributed by atoms with Crippen molar-refractivity contribution in [3.63, 3.8) is 0 Å². The maximum Gasteiger partial charge on any atom is 0.416 e. The third kappa shape index (κ3) is 2.48. The van der Waals surface area contributed by atoms with Crippen molar-refractivity contribution in [1.29, 1.82) is 0 Å². The molecule has 1 aromatic heterocycles. The number of H-pyrrole nitrogens is 1. The molecule has 1 fully saturated rings. The molecule has 1 aromatic carbocycles. The number of aromatic amines is 1. The van der Waals surface area contributed by atoms with E-state index in [-0.39, 0.29) is 6.09 Å². The van der Waals surface area contributed by atoms with Gasteiger partial charge < -0.3 is 9.64 Å². The van der Waals surface area contributed by atoms with Gasteiger partial charge in [-0.2, -0.15) is 0 Å². The summed E-state index contributed by atoms with van der Waals surface area (Å²) in [5.41, 5.74) is 2.03. The molecule has 1 amide bonds. The third-order valence-electron chi connectivity index (χ3n) is 3.91. The number of rotatable bonds is 1. The average Bonchev–Trinajstić information content (AvgIpc) is 2.81. The van der Waals surface area contributed by atoms with Gasteiger partial charge in [-0.25, -0.2) is 4.79 Å². The molecule has 0 unspecified atom stereocenters. The first-order valence-corrected chi connectivity index (χ1v) is 7.05. The molecule has 2 aromatic rings. The number of hydrogen-bond donors (Lipinski definition) is 1. The minimum absolute atomic E-state index is 0.300. The summed E-state index contributed by atoms with van der Waals surface area (Å²) < 4.78 is 5.43. The van der Waals surface area contributed by atoms with Gasteiger partial charge in [0.2, 0.25) is 0 Å². The number of likely N-dealkylation sites (tertiary alicyclic amines) is 1. The highest BCUT2D eigenvalue weighted by Gasteiger charge is 2.23. The Morgan fingerprint density at radius 1 is 1.40 bits per heavy atom. The van der Waals surface area contributed by atoms with Crippen LogP contribution in [0, 0.1) is 12.8 Å². The SMILES string of the molecule is Cc1ccc2c(OC(=O)N3CCC(C)CC3)n[nH]c2c1. The minimum atomic E-state index is -0.300. The molecule has 20 heavy (non-hydrogen) atoms. The standard InChI is InChI=1S/C15H19N3O2/c1-10-5-7-18(8-6-10)15(19)20-14-12-4-3-11(2)9-13(12)16-17-14/h3-4,9-10H,5-8H2,1-2H3,(H,16,17). The fourth-order valence-electron chi connectivity index (χ4n) is 2.52. The number of carbonyl (C=O) groups excluding carboxylic acids is 1. The number of aryl methyl sites for hydroxylation is 1. The van der Waals surface area contributed by atoms with Crippen molar-refractivity contribution in [2.45, 2.75) is 26.7 Å². The van der Waals surface area contributed by atoms with Gasteiger partial charge in [-0.1, -0.05) is 13.0 Å². The lowest BCUT2D eigenvalue weighted by molar-refractivity contribution is 0.132. The van der Waals surface area contributed by atoms with Crippen LogP contribution in [-0.2, 0) is 0 Å². The molecule has 0 spiro atoms. The summed E-state index contributed by atoms with van der Waals surface area (Å²) in [6.07, 6.45) is 1.77. The molecule has 2 heterocycles. The summed E-state index contributed by atoms with van der Waals surface area (Å²) in [6.45, 7) is 5.76. The highest BCUT2D eigenvalue weighted by atomic mass is 16.6. The molecule has 0 saturated carbocycles. The highest BCUT2D eigenvalue weighted by molar-refractivity contribution is 5.86. The fraction of sp³-hybridized carbons (Fsp3) is 0.467. The molecule has 0 aliphatic carbocycles. The summed E-state index contributed by atoms with van der Waals surface area (Å²) in [5.74, 6) is 1.05. The molecule has 1 aliphatic heterocycles. The zero-order valence-corrected chi connectivity index (χ0v) is 11.8. The van der Waals surface area contributed by atoms with Crippen molar-refractivity contribution in [2.75, 3.05) is 13.1 Å². The Labute approximate surface area is 117 Å². The molecule has 106 valence electrons. The Bertz CT molecular complexity index is 627. The maximum absolute atomic E-state index is 12.1. The van der Waals surface area contributed by atoms with E-state index in [9.17, 15) is 4.79 Å². The van der Waals surface area contributed by atoms with Gasteiger partial charge in [0.05, 0.1) is 10.9 Å². The van der Waals surface area contributed by atoms with Crippen LogP contribution in [0.5, 0.6) is 5.88 Å². The van der Waals surface area contributed by atoms with Crippen molar-refractivity contribution < 1.29 is 9.53 Å². The molecule has 3 rings (SSSR count). The van der Waals surface area contributed by atoms with E-state index < -0.39 is 0 Å². The monoisotopic (exact) mass is 273 g/mol. The Hall–Kier alpha value is -2.04. The van der Waals surface area contributed by atoms with Crippen LogP contribution in [0.15, 0.2) is 18.2 Å². The Morgan fingerprint density at radius 2 is 2.15 bits per heavy atom. The van der Waals surface area contributed by atoms with Crippen LogP contribution in [0.1, 0.15) is 25.3 Å². The number of fused-ring (bicyclic) bond motifs is 1. The van der Waals surface area contributed by atoms with Gasteiger partial charge >= 0.3 is 6.09 Å². The number of benzene rings is 1. The zero-order chi connectivity index (χ0) is 14.1. The van der Waals surface area contributed by atoms with Gasteiger partial charge in [0.15, 0.2) is 0 Å². The lowest BCUT2D eigenvalue weighted by Gasteiger charge is -2.29. The second-order valence-corrected chi connectivity index (χ2v) is 5.62. The number of ether oxygens (including phenoxy) is 1. The van der Waals surface area contributed by atoms with Crippen LogP contribution < -0.4 is 4.74 Å². The lowest BCUT2D eigenvalue weighted by Crippen LogP contribution is -2.39. The first-order chi connectivity index (χ1) is 9.63. The first kappa shape index (κ1) is 13.0. The Morgan fingerprint density at radius 3 is 2.90 bits per heavy atom. The number of carbonyl (C=O) groups is 1. The number of nitrogens with zero attached hydrogens (tertiary/aromatic N) is 2. The Balaban J connectivity index is 1.74. The van der Waals surface area contributed by atoms with E-state index in [1.54, 1.807) is 4.90 Å². The highest BCUT2D eigenvalue weighted by Crippen LogP contribution is 2.24. The van der Waals surface area contributed by atoms with E-state index in [2.05, 4.69) is 17.1 Å². The largest absolute Gasteiger partial charge is 0.416 e. The van der Waals surface area contributed by atoms with E-state index in [4.69, 9.17) is 4.74 Å². The van der Waals surface area contributed by atoms with Crippen molar-refractivity contribution >= 4 is 17.0 Å². The first-order valence-electron chi connectivity index (χ1n) is 7.05. The van der Waals surface area contributed by atoms with Crippen LogP contribution in [0.3, 0.4) is 0 Å². The number of piperidine rings is 1. The summed E-state index contributed by atoms with van der Waals surface area (Å²) in [6, 6.07) is 5.90. The molecular formula is C15H19N3O2. The van der Waals surface area contributed by atoms with Crippen molar-refractivity contribution in [3.05, 3.63) is 23.8 Å². The molecule has 5 nitrogen and oxygen atoms in total. The topological polar surface area (TPSA) is 58.2 Å². The molecule has 1 saturated heterocycles. The molecule has 0 atom stereocenters. The molecule has 1 aliphatic rings. The molecule has 0 bridgehead atoms. The van der Waals surface area contributed by atoms with Crippen LogP contribution in [0.4, 0.5) is 4.79 Å². The smallest absolute Gasteiger partial charge is 0.389 e. The minimum Gasteiger partial charge on any atom is -0.389 e. The predicted molar refractivity (Wildman–Crippen MR) is 76.8 cm³/mol. The normalized spacial score (nSPS) is 16.6. The zero-order valence-electron chi connectivity index (χ0n) is 11.8. The van der Waals surface area contributed by atoms with E-state index in [1.165, 1.54) is 0 Å². The summed E-state index contributed by atoms with van der Waals surface area (Å²) in [5, 5.41) is 7.83. The van der Waals surface area contributed by atoms with Crippen molar-refractivity contribution in [3.8, 4) is 5.88 Å². The van der Waals surface area contributed by atoms with Crippen LogP contribution in [-0.4, -0.2) is 34.3 Å². The predicted octanol–water partition coefficient (Wildman–Crippen LogP) is 3.10. The molecule has 0 radical (unpaired) electrons. The van der Waals surface area contributed by atoms with Gasteiger partial charge in [-0.05, 0) is 43.4 Å². The van der Waals surface area contributed by atoms with E-state index in [0.29, 0.717) is 11.8 Å². The quantitative estimate of drug-likeness (QED) is 0.868. The van der Waals surface area contributed by atoms with Crippen molar-refractivity contribution in [2.24, 2.45) is 5.92 Å². The molecule has 1 N–H and O–H groups in total. The molecule has 5 heteroatoms. The average molecular weight is 273 g/mol. The lowest BCUT2D eigenvalue weighted by atomic mass is 10.00. The van der Waals surface area contributed by atoms with Gasteiger partial charge in [0, 0.05) is 13.1 Å². The number of hydrogen-bond acceptors (Lipinski definition) is 3. The summed E-state index contributed by atoms with van der Waals surface area (Å²) in [7, 11) is 0. The fourth-order valence-corrected chi connectivity index (χ4v) is 2.52. The van der Waals surface area contributed by atoms with Crippen molar-refractivity contribution in [1.82, 2.24) is 15.1 Å². The maximum atomic E-state index is 12.1. The second-order valence-electron chi connectivity index (χ2n) is 5.62. The molecular weight excluding hydrogens is 254 g/mol. The van der Waals surface area contributed by atoms with E-state index in [1.807, 2.05) is 25.1 Å².